The number of amides is 1. The fourth-order valence-electron chi connectivity index (χ4n) is 1.53. The first-order valence-corrected chi connectivity index (χ1v) is 7.06. The van der Waals surface area contributed by atoms with Gasteiger partial charge in [0.25, 0.3) is 5.91 Å². The zero-order chi connectivity index (χ0) is 13.3. The molecule has 1 aliphatic rings. The third-order valence-electron chi connectivity index (χ3n) is 2.29. The molecule has 18 heavy (non-hydrogen) atoms. The van der Waals surface area contributed by atoms with E-state index in [0.29, 0.717) is 5.71 Å². The molecule has 0 saturated carbocycles. The molecule has 0 spiro atoms. The van der Waals surface area contributed by atoms with Crippen LogP contribution in [-0.4, -0.2) is 25.6 Å². The highest BCUT2D eigenvalue weighted by atomic mass is 35.5. The maximum absolute atomic E-state index is 12.1. The molecule has 1 heterocycles. The van der Waals surface area contributed by atoms with Gasteiger partial charge in [-0.3, -0.25) is 4.79 Å². The van der Waals surface area contributed by atoms with Gasteiger partial charge in [-0.1, -0.05) is 67.4 Å². The Balaban J connectivity index is 2.37. The summed E-state index contributed by atoms with van der Waals surface area (Å²) >= 11 is 13.6. The van der Waals surface area contributed by atoms with Gasteiger partial charge < -0.3 is 0 Å². The van der Waals surface area contributed by atoms with E-state index < -0.39 is 10.2 Å². The van der Waals surface area contributed by atoms with Crippen molar-refractivity contribution in [2.75, 3.05) is 0 Å². The van der Waals surface area contributed by atoms with E-state index in [1.165, 1.54) is 16.4 Å². The molecule has 6 heteroatoms. The molecule has 1 amide bonds. The zero-order valence-corrected chi connectivity index (χ0v) is 12.3. The highest BCUT2D eigenvalue weighted by Gasteiger charge is 2.49. The van der Waals surface area contributed by atoms with E-state index in [-0.39, 0.29) is 5.25 Å². The van der Waals surface area contributed by atoms with Crippen molar-refractivity contribution < 1.29 is 4.79 Å². The number of halogens is 2. The molecular weight excluding hydrogens is 291 g/mol. The third kappa shape index (κ3) is 2.51. The SMILES string of the molecule is CC(C)SN1N=C(c2ccccc2)C(Cl)(Cl)C1=O. The largest absolute Gasteiger partial charge is 0.295 e. The van der Waals surface area contributed by atoms with Gasteiger partial charge in [-0.2, -0.15) is 9.52 Å². The number of benzene rings is 1. The molecule has 0 unspecified atom stereocenters. The van der Waals surface area contributed by atoms with Crippen molar-refractivity contribution in [1.29, 1.82) is 0 Å². The lowest BCUT2D eigenvalue weighted by atomic mass is 10.1. The first-order valence-electron chi connectivity index (χ1n) is 5.46. The zero-order valence-electron chi connectivity index (χ0n) is 9.93. The monoisotopic (exact) mass is 302 g/mol. The van der Waals surface area contributed by atoms with Crippen LogP contribution in [0.1, 0.15) is 19.4 Å². The van der Waals surface area contributed by atoms with Crippen molar-refractivity contribution in [3.63, 3.8) is 0 Å². The molecule has 1 aromatic rings. The number of alkyl halides is 2. The third-order valence-corrected chi connectivity index (χ3v) is 3.84. The molecule has 0 fully saturated rings. The summed E-state index contributed by atoms with van der Waals surface area (Å²) in [5.74, 6) is -0.414. The Bertz CT molecular complexity index is 488. The van der Waals surface area contributed by atoms with Crippen LogP contribution in [0, 0.1) is 0 Å². The summed E-state index contributed by atoms with van der Waals surface area (Å²) in [6.45, 7) is 3.94. The van der Waals surface area contributed by atoms with Crippen molar-refractivity contribution in [2.24, 2.45) is 5.10 Å². The molecule has 96 valence electrons. The summed E-state index contributed by atoms with van der Waals surface area (Å²) in [5.41, 5.74) is 1.13. The van der Waals surface area contributed by atoms with E-state index in [9.17, 15) is 4.79 Å². The van der Waals surface area contributed by atoms with Gasteiger partial charge >= 0.3 is 0 Å². The van der Waals surface area contributed by atoms with Gasteiger partial charge in [-0.15, -0.1) is 0 Å². The molecule has 0 aromatic heterocycles. The minimum Gasteiger partial charge on any atom is -0.268 e. The van der Waals surface area contributed by atoms with Crippen LogP contribution in [0.15, 0.2) is 35.4 Å². The summed E-state index contributed by atoms with van der Waals surface area (Å²) in [5, 5.41) is 4.45. The van der Waals surface area contributed by atoms with E-state index in [1.54, 1.807) is 0 Å². The molecule has 1 aromatic carbocycles. The summed E-state index contributed by atoms with van der Waals surface area (Å²) in [7, 11) is 0. The van der Waals surface area contributed by atoms with Gasteiger partial charge in [0, 0.05) is 10.8 Å². The van der Waals surface area contributed by atoms with Crippen LogP contribution >= 0.6 is 35.1 Å². The highest BCUT2D eigenvalue weighted by Crippen LogP contribution is 2.38. The fraction of sp³-hybridized carbons (Fsp3) is 0.333. The summed E-state index contributed by atoms with van der Waals surface area (Å²) in [6.07, 6.45) is 0. The average molecular weight is 303 g/mol. The molecule has 0 atom stereocenters. The van der Waals surface area contributed by atoms with Crippen molar-refractivity contribution in [3.8, 4) is 0 Å². The smallest absolute Gasteiger partial charge is 0.268 e. The molecule has 0 bridgehead atoms. The van der Waals surface area contributed by atoms with Gasteiger partial charge in [0.05, 0.1) is 0 Å². The lowest BCUT2D eigenvalue weighted by molar-refractivity contribution is -0.124. The van der Waals surface area contributed by atoms with E-state index >= 15 is 0 Å². The number of hydrogen-bond donors (Lipinski definition) is 0. The maximum Gasteiger partial charge on any atom is 0.295 e. The van der Waals surface area contributed by atoms with Crippen LogP contribution in [0.3, 0.4) is 0 Å². The number of carbonyl (C=O) groups is 1. The molecule has 3 nitrogen and oxygen atoms in total. The van der Waals surface area contributed by atoms with E-state index in [2.05, 4.69) is 5.10 Å². The van der Waals surface area contributed by atoms with Crippen molar-refractivity contribution in [3.05, 3.63) is 35.9 Å². The van der Waals surface area contributed by atoms with E-state index in [1.807, 2.05) is 44.2 Å². The summed E-state index contributed by atoms with van der Waals surface area (Å²) in [6, 6.07) is 9.24. The second-order valence-electron chi connectivity index (χ2n) is 4.12. The van der Waals surface area contributed by atoms with Crippen molar-refractivity contribution in [2.45, 2.75) is 23.4 Å². The standard InChI is InChI=1S/C12H12Cl2N2OS/c1-8(2)18-16-11(17)12(13,14)10(15-16)9-6-4-3-5-7-9/h3-8H,1-2H3. The van der Waals surface area contributed by atoms with Crippen LogP contribution < -0.4 is 0 Å². The molecule has 0 aliphatic carbocycles. The molecular formula is C12H12Cl2N2OS. The molecule has 0 radical (unpaired) electrons. The molecule has 2 rings (SSSR count). The van der Waals surface area contributed by atoms with Gasteiger partial charge in [-0.05, 0) is 11.9 Å². The lowest BCUT2D eigenvalue weighted by Crippen LogP contribution is -2.35. The first kappa shape index (κ1) is 13.7. The Morgan fingerprint density at radius 3 is 2.44 bits per heavy atom. The maximum atomic E-state index is 12.1. The second kappa shape index (κ2) is 5.11. The minimum absolute atomic E-state index is 0.219. The molecule has 1 aliphatic heterocycles. The van der Waals surface area contributed by atoms with Crippen LogP contribution in [0.25, 0.3) is 0 Å². The van der Waals surface area contributed by atoms with Crippen LogP contribution in [0.4, 0.5) is 0 Å². The number of rotatable bonds is 3. The fourth-order valence-corrected chi connectivity index (χ4v) is 2.84. The van der Waals surface area contributed by atoms with Crippen LogP contribution in [0.5, 0.6) is 0 Å². The number of hydrazone groups is 1. The lowest BCUT2D eigenvalue weighted by Gasteiger charge is -2.15. The van der Waals surface area contributed by atoms with Gasteiger partial charge in [0.2, 0.25) is 4.33 Å². The molecule has 0 saturated heterocycles. The average Bonchev–Trinajstić information content (AvgIpc) is 2.53. The van der Waals surface area contributed by atoms with Crippen LogP contribution in [0.2, 0.25) is 0 Å². The number of nitrogens with zero attached hydrogens (tertiary/aromatic N) is 2. The van der Waals surface area contributed by atoms with Crippen molar-refractivity contribution >= 4 is 46.8 Å². The predicted octanol–water partition coefficient (Wildman–Crippen LogP) is 3.46. The van der Waals surface area contributed by atoms with Crippen molar-refractivity contribution in [1.82, 2.24) is 4.41 Å². The minimum atomic E-state index is -1.61. The topological polar surface area (TPSA) is 32.7 Å². The van der Waals surface area contributed by atoms with Gasteiger partial charge in [0.15, 0.2) is 0 Å². The second-order valence-corrected chi connectivity index (χ2v) is 6.95. The normalized spacial score (nSPS) is 18.4. The van der Waals surface area contributed by atoms with Gasteiger partial charge in [0.1, 0.15) is 5.71 Å². The Morgan fingerprint density at radius 1 is 1.28 bits per heavy atom. The quantitative estimate of drug-likeness (QED) is 0.633. The van der Waals surface area contributed by atoms with E-state index in [4.69, 9.17) is 23.2 Å². The Labute approximate surface area is 120 Å². The van der Waals surface area contributed by atoms with Gasteiger partial charge in [-0.25, -0.2) is 0 Å². The highest BCUT2D eigenvalue weighted by molar-refractivity contribution is 7.98. The summed E-state index contributed by atoms with van der Waals surface area (Å²) in [4.78, 5) is 12.1. The Morgan fingerprint density at radius 2 is 1.89 bits per heavy atom. The Kier molecular flexibility index (Phi) is 3.90. The first-order chi connectivity index (χ1) is 8.43. The summed E-state index contributed by atoms with van der Waals surface area (Å²) < 4.78 is -0.337. The number of carbonyl (C=O) groups excluding carboxylic acids is 1. The van der Waals surface area contributed by atoms with Crippen LogP contribution in [-0.2, 0) is 4.79 Å². The van der Waals surface area contributed by atoms with E-state index in [0.717, 1.165) is 5.56 Å². The molecule has 0 N–H and O–H groups in total. The number of hydrogen-bond acceptors (Lipinski definition) is 3. The Hall–Kier alpha value is -0.710. The predicted molar refractivity (Wildman–Crippen MR) is 77.0 cm³/mol.